The summed E-state index contributed by atoms with van der Waals surface area (Å²) in [4.78, 5) is 18.4. The molecule has 0 amide bonds. The van der Waals surface area contributed by atoms with Crippen molar-refractivity contribution < 1.29 is 19.4 Å². The van der Waals surface area contributed by atoms with Gasteiger partial charge in [0.05, 0.1) is 37.9 Å². The zero-order chi connectivity index (χ0) is 37.6. The number of fused-ring (bicyclic) bond motifs is 3. The Morgan fingerprint density at radius 3 is 2.42 bits per heavy atom. The van der Waals surface area contributed by atoms with E-state index in [-0.39, 0.29) is 45.1 Å². The number of carboxylic acid groups (broad SMARTS) is 1. The fourth-order valence-corrected chi connectivity index (χ4v) is 12.8. The molecule has 4 aliphatic carbocycles. The molecule has 1 unspecified atom stereocenters. The quantitative estimate of drug-likeness (QED) is 0.250. The number of carboxylic acids is 1. The van der Waals surface area contributed by atoms with E-state index in [9.17, 15) is 9.90 Å². The molecule has 1 aromatic carbocycles. The van der Waals surface area contributed by atoms with Crippen LogP contribution in [0.3, 0.4) is 0 Å². The summed E-state index contributed by atoms with van der Waals surface area (Å²) in [6.07, 6.45) is 9.79. The van der Waals surface area contributed by atoms with Crippen molar-refractivity contribution in [3.8, 4) is 11.4 Å². The number of allylic oxidation sites excluding steroid dienone is 1. The predicted molar refractivity (Wildman–Crippen MR) is 205 cm³/mol. The Balaban J connectivity index is 1.35. The van der Waals surface area contributed by atoms with Gasteiger partial charge in [-0.2, -0.15) is 5.10 Å². The van der Waals surface area contributed by atoms with Gasteiger partial charge >= 0.3 is 5.97 Å². The van der Waals surface area contributed by atoms with Crippen LogP contribution in [-0.4, -0.2) is 57.3 Å². The zero-order valence-corrected chi connectivity index (χ0v) is 33.6. The third-order valence-corrected chi connectivity index (χ3v) is 16.9. The van der Waals surface area contributed by atoms with E-state index in [0.29, 0.717) is 43.5 Å². The molecular weight excluding hydrogens is 649 g/mol. The average molecular weight is 715 g/mol. The van der Waals surface area contributed by atoms with Crippen molar-refractivity contribution in [2.24, 2.45) is 68.3 Å². The molecule has 1 aromatic heterocycles. The summed E-state index contributed by atoms with van der Waals surface area (Å²) >= 11 is 0. The second-order valence-electron chi connectivity index (χ2n) is 19.9. The summed E-state index contributed by atoms with van der Waals surface area (Å²) in [6, 6.07) is 10.3. The first kappa shape index (κ1) is 37.8. The van der Waals surface area contributed by atoms with E-state index in [1.54, 1.807) is 6.33 Å². The Morgan fingerprint density at radius 2 is 1.77 bits per heavy atom. The van der Waals surface area contributed by atoms with Crippen LogP contribution in [0.1, 0.15) is 114 Å². The number of nitrogens with zero attached hydrogens (tertiary/aromatic N) is 3. The highest BCUT2D eigenvalue weighted by atomic mass is 16.5. The molecule has 0 spiro atoms. The molecule has 2 bridgehead atoms. The Labute approximate surface area is 312 Å². The van der Waals surface area contributed by atoms with E-state index in [4.69, 9.17) is 25.3 Å². The number of carbonyl (C=O) groups is 1. The molecule has 0 radical (unpaired) electrons. The van der Waals surface area contributed by atoms with Crippen LogP contribution in [0.15, 0.2) is 48.3 Å². The molecule has 12 atom stereocenters. The van der Waals surface area contributed by atoms with Crippen LogP contribution < -0.4 is 5.73 Å². The molecular formula is C44H66N4O4. The summed E-state index contributed by atoms with van der Waals surface area (Å²) in [6.45, 7) is 24.5. The minimum Gasteiger partial charge on any atom is -0.481 e. The number of aliphatic carboxylic acids is 1. The van der Waals surface area contributed by atoms with Gasteiger partial charge in [0.2, 0.25) is 0 Å². The van der Waals surface area contributed by atoms with E-state index in [2.05, 4.69) is 104 Å². The zero-order valence-electron chi connectivity index (χ0n) is 33.6. The summed E-state index contributed by atoms with van der Waals surface area (Å²) in [7, 11) is 0. The highest BCUT2D eigenvalue weighted by Gasteiger charge is 2.72. The largest absolute Gasteiger partial charge is 0.481 e. The molecule has 52 heavy (non-hydrogen) atoms. The number of ether oxygens (including phenoxy) is 2. The normalized spacial score (nSPS) is 41.7. The molecule has 1 saturated heterocycles. The van der Waals surface area contributed by atoms with Gasteiger partial charge in [0, 0.05) is 21.9 Å². The van der Waals surface area contributed by atoms with Crippen molar-refractivity contribution in [3.05, 3.63) is 48.3 Å². The lowest BCUT2D eigenvalue weighted by molar-refractivity contribution is -0.252. The van der Waals surface area contributed by atoms with Gasteiger partial charge in [-0.3, -0.25) is 4.79 Å². The van der Waals surface area contributed by atoms with Crippen molar-refractivity contribution in [2.45, 2.75) is 125 Å². The van der Waals surface area contributed by atoms with E-state index >= 15 is 0 Å². The first-order valence-corrected chi connectivity index (χ1v) is 20.2. The molecule has 5 aliphatic rings. The van der Waals surface area contributed by atoms with Crippen LogP contribution in [0.2, 0.25) is 0 Å². The molecule has 8 nitrogen and oxygen atoms in total. The van der Waals surface area contributed by atoms with Crippen LogP contribution in [-0.2, 0) is 14.3 Å². The van der Waals surface area contributed by atoms with Crippen molar-refractivity contribution in [3.63, 3.8) is 0 Å². The fraction of sp³-hybridized carbons (Fsp3) is 0.750. The van der Waals surface area contributed by atoms with Crippen molar-refractivity contribution in [1.82, 2.24) is 14.8 Å². The third kappa shape index (κ3) is 5.26. The average Bonchev–Trinajstić information content (AvgIpc) is 3.58. The number of aromatic nitrogens is 3. The molecule has 2 aromatic rings. The molecule has 3 N–H and O–H groups in total. The van der Waals surface area contributed by atoms with E-state index < -0.39 is 17.4 Å². The maximum atomic E-state index is 13.6. The second-order valence-corrected chi connectivity index (χ2v) is 19.9. The molecule has 3 saturated carbocycles. The lowest BCUT2D eigenvalue weighted by Crippen LogP contribution is -2.69. The smallest absolute Gasteiger partial charge is 0.307 e. The summed E-state index contributed by atoms with van der Waals surface area (Å²) in [5.41, 5.74) is 7.69. The van der Waals surface area contributed by atoms with Gasteiger partial charge in [0.25, 0.3) is 0 Å². The van der Waals surface area contributed by atoms with Gasteiger partial charge < -0.3 is 20.3 Å². The number of benzene rings is 1. The molecule has 8 heteroatoms. The lowest BCUT2D eigenvalue weighted by atomic mass is 9.34. The Hall–Kier alpha value is -2.55. The van der Waals surface area contributed by atoms with Gasteiger partial charge in [0.15, 0.2) is 5.82 Å². The van der Waals surface area contributed by atoms with Crippen molar-refractivity contribution >= 4 is 5.97 Å². The Kier molecular flexibility index (Phi) is 9.27. The van der Waals surface area contributed by atoms with Gasteiger partial charge in [-0.25, -0.2) is 9.67 Å². The number of rotatable bonds is 9. The lowest BCUT2D eigenvalue weighted by Gasteiger charge is -2.71. The van der Waals surface area contributed by atoms with E-state index in [0.717, 1.165) is 49.9 Å². The van der Waals surface area contributed by atoms with E-state index in [1.165, 1.54) is 5.57 Å². The van der Waals surface area contributed by atoms with Crippen molar-refractivity contribution in [2.75, 3.05) is 19.8 Å². The van der Waals surface area contributed by atoms with E-state index in [1.807, 2.05) is 6.07 Å². The fourth-order valence-electron chi connectivity index (χ4n) is 12.8. The maximum Gasteiger partial charge on any atom is 0.307 e. The monoisotopic (exact) mass is 715 g/mol. The van der Waals surface area contributed by atoms with Gasteiger partial charge in [-0.15, -0.1) is 0 Å². The van der Waals surface area contributed by atoms with Crippen LogP contribution >= 0.6 is 0 Å². The molecule has 7 rings (SSSR count). The molecule has 4 fully saturated rings. The number of nitrogens with two attached hydrogens (primary N) is 1. The number of hydrogen-bond donors (Lipinski definition) is 2. The SMILES string of the molecule is CC(C)[C@@H](C)[C@@]1(C)CC[C@]2(C)[C@H]3CC[C@H]4C5(C)COC[C@@]4(C[C@@H](n4ncnc4-c4ccccc4)[C@@H]5OC[C@](C)(N)C(C)C)C3=CC[C@@]2(C)[C@@H]1C(=O)O. The Morgan fingerprint density at radius 1 is 1.06 bits per heavy atom. The standard InChI is InChI=1S/C44H66N4O4/c1-27(2)29(5)39(6)20-21-41(8)31-16-17-34-40(7)23-51-25-44(34,32(31)18-19-42(41,9)35(39)38(49)50)22-33(36(40)52-24-43(10,45)28(3)4)48-37(46-26-47-48)30-14-12-11-13-15-30/h11-15,18,26-29,31,33-36H,16-17,19-25,45H2,1-10H3,(H,49,50)/t29-,31+,33-,34+,35-,36+,39-,40?,41-,42+,43+,44+/m1/s1. The predicted octanol–water partition coefficient (Wildman–Crippen LogP) is 8.83. The first-order chi connectivity index (χ1) is 24.4. The van der Waals surface area contributed by atoms with Crippen LogP contribution in [0.5, 0.6) is 0 Å². The maximum absolute atomic E-state index is 13.6. The van der Waals surface area contributed by atoms with Gasteiger partial charge in [-0.05, 0) is 91.3 Å². The minimum atomic E-state index is -0.619. The van der Waals surface area contributed by atoms with Crippen LogP contribution in [0, 0.1) is 62.6 Å². The molecule has 2 heterocycles. The Bertz CT molecular complexity index is 1690. The summed E-state index contributed by atoms with van der Waals surface area (Å²) in [5.74, 6) is 1.47. The van der Waals surface area contributed by atoms with Gasteiger partial charge in [-0.1, -0.05) is 104 Å². The van der Waals surface area contributed by atoms with Gasteiger partial charge in [0.1, 0.15) is 6.33 Å². The highest BCUT2D eigenvalue weighted by Crippen LogP contribution is 2.75. The third-order valence-electron chi connectivity index (χ3n) is 16.9. The first-order valence-electron chi connectivity index (χ1n) is 20.2. The molecule has 1 aliphatic heterocycles. The topological polar surface area (TPSA) is 112 Å². The number of hydrogen-bond acceptors (Lipinski definition) is 6. The minimum absolute atomic E-state index is 0.0834. The second kappa shape index (κ2) is 12.8. The highest BCUT2D eigenvalue weighted by molar-refractivity contribution is 5.73. The van der Waals surface area contributed by atoms with Crippen LogP contribution in [0.4, 0.5) is 0 Å². The summed E-state index contributed by atoms with van der Waals surface area (Å²) in [5, 5.41) is 16.1. The summed E-state index contributed by atoms with van der Waals surface area (Å²) < 4.78 is 16.1. The van der Waals surface area contributed by atoms with Crippen molar-refractivity contribution in [1.29, 1.82) is 0 Å². The molecule has 286 valence electrons. The van der Waals surface area contributed by atoms with Crippen LogP contribution in [0.25, 0.3) is 11.4 Å².